The first-order valence-electron chi connectivity index (χ1n) is 8.14. The third kappa shape index (κ3) is 3.78. The number of hydrogen-bond acceptors (Lipinski definition) is 4. The lowest BCUT2D eigenvalue weighted by Crippen LogP contribution is -2.54. The number of hydrogen-bond donors (Lipinski definition) is 2. The monoisotopic (exact) mass is 320 g/mol. The normalized spacial score (nSPS) is 21.6. The van der Waals surface area contributed by atoms with Crippen molar-refractivity contribution < 1.29 is 14.3 Å². The Hall–Kier alpha value is -1.75. The first-order chi connectivity index (χ1) is 10.9. The Morgan fingerprint density at radius 3 is 2.57 bits per heavy atom. The lowest BCUT2D eigenvalue weighted by Gasteiger charge is -2.34. The van der Waals surface area contributed by atoms with Crippen molar-refractivity contribution in [1.82, 2.24) is 10.6 Å². The molecule has 1 saturated heterocycles. The number of rotatable bonds is 5. The van der Waals surface area contributed by atoms with Crippen LogP contribution in [-0.2, 0) is 10.2 Å². The molecule has 1 aromatic rings. The van der Waals surface area contributed by atoms with Crippen LogP contribution in [0.25, 0.3) is 0 Å². The molecule has 2 atom stereocenters. The Balaban J connectivity index is 2.17. The molecule has 0 aliphatic carbocycles. The molecule has 0 bridgehead atoms. The van der Waals surface area contributed by atoms with Crippen LogP contribution in [-0.4, -0.2) is 39.3 Å². The van der Waals surface area contributed by atoms with Gasteiger partial charge in [-0.25, -0.2) is 0 Å². The van der Waals surface area contributed by atoms with Crippen molar-refractivity contribution in [2.45, 2.75) is 38.6 Å². The summed E-state index contributed by atoms with van der Waals surface area (Å²) in [5.74, 6) is 1.82. The first kappa shape index (κ1) is 17.6. The predicted octanol–water partition coefficient (Wildman–Crippen LogP) is 2.10. The van der Waals surface area contributed by atoms with E-state index in [1.54, 1.807) is 14.2 Å². The molecule has 5 heteroatoms. The van der Waals surface area contributed by atoms with Crippen LogP contribution in [0.2, 0.25) is 0 Å². The second kappa shape index (κ2) is 7.21. The van der Waals surface area contributed by atoms with Crippen molar-refractivity contribution in [2.24, 2.45) is 5.92 Å². The fourth-order valence-electron chi connectivity index (χ4n) is 2.89. The summed E-state index contributed by atoms with van der Waals surface area (Å²) in [6.45, 7) is 7.91. The largest absolute Gasteiger partial charge is 0.493 e. The number of ether oxygens (including phenoxy) is 2. The molecule has 128 valence electrons. The average molecular weight is 320 g/mol. The van der Waals surface area contributed by atoms with Gasteiger partial charge in [-0.3, -0.25) is 4.79 Å². The molecule has 0 radical (unpaired) electrons. The van der Waals surface area contributed by atoms with Crippen molar-refractivity contribution in [2.75, 3.05) is 27.3 Å². The van der Waals surface area contributed by atoms with Gasteiger partial charge in [0.05, 0.1) is 19.6 Å². The number of piperidine rings is 1. The summed E-state index contributed by atoms with van der Waals surface area (Å²) in [4.78, 5) is 12.8. The maximum absolute atomic E-state index is 12.8. The van der Waals surface area contributed by atoms with E-state index in [2.05, 4.69) is 17.6 Å². The topological polar surface area (TPSA) is 59.6 Å². The molecular weight excluding hydrogens is 292 g/mol. The quantitative estimate of drug-likeness (QED) is 0.872. The zero-order valence-electron chi connectivity index (χ0n) is 14.7. The fourth-order valence-corrected chi connectivity index (χ4v) is 2.89. The lowest BCUT2D eigenvalue weighted by atomic mass is 9.82. The molecule has 2 rings (SSSR count). The highest BCUT2D eigenvalue weighted by Gasteiger charge is 2.33. The van der Waals surface area contributed by atoms with Crippen molar-refractivity contribution in [1.29, 1.82) is 0 Å². The molecule has 0 aromatic heterocycles. The van der Waals surface area contributed by atoms with Gasteiger partial charge < -0.3 is 20.1 Å². The number of carbonyl (C=O) groups excluding carboxylic acids is 1. The fraction of sp³-hybridized carbons (Fsp3) is 0.611. The van der Waals surface area contributed by atoms with Crippen LogP contribution >= 0.6 is 0 Å². The Labute approximate surface area is 138 Å². The van der Waals surface area contributed by atoms with Crippen molar-refractivity contribution in [3.05, 3.63) is 23.8 Å². The number of carbonyl (C=O) groups is 1. The average Bonchev–Trinajstić information content (AvgIpc) is 2.56. The maximum Gasteiger partial charge on any atom is 0.230 e. The minimum atomic E-state index is -0.642. The second-order valence-corrected chi connectivity index (χ2v) is 6.74. The number of methoxy groups -OCH3 is 2. The molecule has 23 heavy (non-hydrogen) atoms. The number of amides is 1. The molecule has 1 aliphatic heterocycles. The second-order valence-electron chi connectivity index (χ2n) is 6.74. The highest BCUT2D eigenvalue weighted by molar-refractivity contribution is 5.87. The van der Waals surface area contributed by atoms with E-state index in [0.29, 0.717) is 17.4 Å². The zero-order valence-corrected chi connectivity index (χ0v) is 14.7. The van der Waals surface area contributed by atoms with E-state index in [1.807, 2.05) is 32.0 Å². The van der Waals surface area contributed by atoms with E-state index in [9.17, 15) is 4.79 Å². The Morgan fingerprint density at radius 2 is 1.96 bits per heavy atom. The van der Waals surface area contributed by atoms with Gasteiger partial charge in [0.1, 0.15) is 0 Å². The summed E-state index contributed by atoms with van der Waals surface area (Å²) < 4.78 is 10.6. The molecule has 1 amide bonds. The zero-order chi connectivity index (χ0) is 17.0. The molecule has 5 nitrogen and oxygen atoms in total. The molecule has 2 unspecified atom stereocenters. The highest BCUT2D eigenvalue weighted by Crippen LogP contribution is 2.33. The standard InChI is InChI=1S/C18H28N2O3/c1-12-8-9-19-11-14(12)20-17(21)18(2,3)13-6-7-15(22-4)16(10-13)23-5/h6-7,10,12,14,19H,8-9,11H2,1-5H3,(H,20,21). The van der Waals surface area contributed by atoms with Gasteiger partial charge in [-0.2, -0.15) is 0 Å². The minimum absolute atomic E-state index is 0.0327. The van der Waals surface area contributed by atoms with E-state index in [1.165, 1.54) is 0 Å². The van der Waals surface area contributed by atoms with Gasteiger partial charge in [0.15, 0.2) is 11.5 Å². The molecule has 0 saturated carbocycles. The Morgan fingerprint density at radius 1 is 1.26 bits per heavy atom. The van der Waals surface area contributed by atoms with Crippen LogP contribution in [0.3, 0.4) is 0 Å². The molecule has 2 N–H and O–H groups in total. The van der Waals surface area contributed by atoms with Crippen molar-refractivity contribution >= 4 is 5.91 Å². The molecule has 1 heterocycles. The summed E-state index contributed by atoms with van der Waals surface area (Å²) in [7, 11) is 3.21. The van der Waals surface area contributed by atoms with Gasteiger partial charge in [0, 0.05) is 12.6 Å². The van der Waals surface area contributed by atoms with Gasteiger partial charge in [0.2, 0.25) is 5.91 Å². The van der Waals surface area contributed by atoms with Crippen LogP contribution in [0.5, 0.6) is 11.5 Å². The summed E-state index contributed by atoms with van der Waals surface area (Å²) in [6.07, 6.45) is 1.09. The van der Waals surface area contributed by atoms with E-state index >= 15 is 0 Å². The molecular formula is C18H28N2O3. The van der Waals surface area contributed by atoms with Gasteiger partial charge in [-0.15, -0.1) is 0 Å². The van der Waals surface area contributed by atoms with Gasteiger partial charge in [0.25, 0.3) is 0 Å². The highest BCUT2D eigenvalue weighted by atomic mass is 16.5. The van der Waals surface area contributed by atoms with E-state index < -0.39 is 5.41 Å². The Kier molecular flexibility index (Phi) is 5.52. The lowest BCUT2D eigenvalue weighted by molar-refractivity contribution is -0.126. The van der Waals surface area contributed by atoms with Crippen LogP contribution < -0.4 is 20.1 Å². The third-order valence-electron chi connectivity index (χ3n) is 4.82. The van der Waals surface area contributed by atoms with Crippen molar-refractivity contribution in [3.63, 3.8) is 0 Å². The maximum atomic E-state index is 12.8. The summed E-state index contributed by atoms with van der Waals surface area (Å²) in [6, 6.07) is 5.81. The SMILES string of the molecule is COc1ccc(C(C)(C)C(=O)NC2CNCCC2C)cc1OC. The summed E-state index contributed by atoms with van der Waals surface area (Å²) >= 11 is 0. The minimum Gasteiger partial charge on any atom is -0.493 e. The first-order valence-corrected chi connectivity index (χ1v) is 8.14. The van der Waals surface area contributed by atoms with Crippen LogP contribution in [0, 0.1) is 5.92 Å². The van der Waals surface area contributed by atoms with Crippen molar-refractivity contribution in [3.8, 4) is 11.5 Å². The number of benzene rings is 1. The number of nitrogens with one attached hydrogen (secondary N) is 2. The van der Waals surface area contributed by atoms with Gasteiger partial charge in [-0.05, 0) is 50.4 Å². The van der Waals surface area contributed by atoms with Gasteiger partial charge in [-0.1, -0.05) is 13.0 Å². The molecule has 0 spiro atoms. The smallest absolute Gasteiger partial charge is 0.230 e. The van der Waals surface area contributed by atoms with Gasteiger partial charge >= 0.3 is 0 Å². The Bertz CT molecular complexity index is 557. The summed E-state index contributed by atoms with van der Waals surface area (Å²) in [5, 5.41) is 6.54. The molecule has 1 aromatic carbocycles. The van der Waals surface area contributed by atoms with Crippen LogP contribution in [0.4, 0.5) is 0 Å². The van der Waals surface area contributed by atoms with Crippen LogP contribution in [0.15, 0.2) is 18.2 Å². The van der Waals surface area contributed by atoms with E-state index in [4.69, 9.17) is 9.47 Å². The third-order valence-corrected chi connectivity index (χ3v) is 4.82. The molecule has 1 aliphatic rings. The van der Waals surface area contributed by atoms with Crippen LogP contribution in [0.1, 0.15) is 32.8 Å². The van der Waals surface area contributed by atoms with E-state index in [-0.39, 0.29) is 11.9 Å². The van der Waals surface area contributed by atoms with E-state index in [0.717, 1.165) is 25.1 Å². The predicted molar refractivity (Wildman–Crippen MR) is 91.2 cm³/mol. The summed E-state index contributed by atoms with van der Waals surface area (Å²) in [5.41, 5.74) is 0.264. The molecule has 1 fully saturated rings.